The smallest absolute Gasteiger partial charge is 0.338 e. The molecule has 0 aromatic carbocycles. The molecule has 9 atom stereocenters. The van der Waals surface area contributed by atoms with E-state index in [0.29, 0.717) is 24.0 Å². The summed E-state index contributed by atoms with van der Waals surface area (Å²) in [6, 6.07) is -1.05. The van der Waals surface area contributed by atoms with Crippen molar-refractivity contribution in [3.8, 4) is 0 Å². The van der Waals surface area contributed by atoms with Crippen molar-refractivity contribution in [2.75, 3.05) is 6.61 Å². The molecule has 2 saturated carbocycles. The summed E-state index contributed by atoms with van der Waals surface area (Å²) in [6.45, 7) is 12.9. The minimum Gasteiger partial charge on any atom is -0.459 e. The van der Waals surface area contributed by atoms with Gasteiger partial charge in [0.05, 0.1) is 18.8 Å². The largest absolute Gasteiger partial charge is 0.459 e. The standard InChI is InChI=1S/C31H45NO10.Ac/c1-15(2)11-20(32-17(4)33)24(36)27(37)42-21-13-31(39)26(41-18(5)34)25-29(8,10-9-23-30(25,38)14-40-23)22(35)12-19(16(21)3)28(31,6)7;/h11,20-21,23-26,36,38-39H,9-10,12-14H2,1-8H3,(H,32,33);/t20-,21-,23+,24+,25-,26?,29-,30-,31+;/m0./s1. The number of esters is 2. The van der Waals surface area contributed by atoms with Crippen molar-refractivity contribution in [3.05, 3.63) is 22.8 Å². The summed E-state index contributed by atoms with van der Waals surface area (Å²) in [4.78, 5) is 51.7. The molecular weight excluding hydrogens is 773 g/mol. The molecule has 1 heterocycles. The molecule has 2 bridgehead atoms. The number of carbonyl (C=O) groups is 4. The van der Waals surface area contributed by atoms with Crippen LogP contribution in [0.5, 0.6) is 0 Å². The van der Waals surface area contributed by atoms with Crippen molar-refractivity contribution in [2.24, 2.45) is 16.7 Å². The van der Waals surface area contributed by atoms with Crippen LogP contribution >= 0.6 is 0 Å². The second-order valence-corrected chi connectivity index (χ2v) is 13.6. The molecule has 11 nitrogen and oxygen atoms in total. The second kappa shape index (κ2) is 12.6. The van der Waals surface area contributed by atoms with Crippen LogP contribution in [0.4, 0.5) is 0 Å². The van der Waals surface area contributed by atoms with E-state index in [-0.39, 0.29) is 69.3 Å². The van der Waals surface area contributed by atoms with Gasteiger partial charge >= 0.3 is 11.9 Å². The topological polar surface area (TPSA) is 169 Å². The van der Waals surface area contributed by atoms with Crippen molar-refractivity contribution >= 4 is 23.6 Å². The van der Waals surface area contributed by atoms with Gasteiger partial charge in [-0.1, -0.05) is 38.0 Å². The van der Waals surface area contributed by atoms with E-state index in [4.69, 9.17) is 14.2 Å². The number of aliphatic hydroxyl groups excluding tert-OH is 1. The van der Waals surface area contributed by atoms with Crippen LogP contribution in [0.25, 0.3) is 0 Å². The Labute approximate surface area is 288 Å². The second-order valence-electron chi connectivity index (χ2n) is 13.6. The molecule has 3 aliphatic carbocycles. The number of ketones is 1. The average molecular weight is 819 g/mol. The van der Waals surface area contributed by atoms with Crippen molar-refractivity contribution in [2.45, 2.75) is 123 Å². The van der Waals surface area contributed by atoms with E-state index in [0.717, 1.165) is 5.57 Å². The van der Waals surface area contributed by atoms with Gasteiger partial charge < -0.3 is 34.8 Å². The van der Waals surface area contributed by atoms with Gasteiger partial charge in [-0.15, -0.1) is 0 Å². The molecule has 1 saturated heterocycles. The minimum absolute atomic E-state index is 0. The normalized spacial score (nSPS) is 37.4. The molecule has 1 aliphatic heterocycles. The minimum atomic E-state index is -1.89. The monoisotopic (exact) mass is 818 g/mol. The van der Waals surface area contributed by atoms with Gasteiger partial charge in [-0.25, -0.2) is 4.79 Å². The Kier molecular flexibility index (Phi) is 10.6. The Morgan fingerprint density at radius 1 is 1.09 bits per heavy atom. The Hall–Kier alpha value is -1.16. The molecule has 4 N–H and O–H groups in total. The van der Waals surface area contributed by atoms with Crippen molar-refractivity contribution < 1.29 is 92.8 Å². The molecular formula is C31H45AcNO10. The summed E-state index contributed by atoms with van der Waals surface area (Å²) < 4.78 is 17.4. The van der Waals surface area contributed by atoms with Crippen molar-refractivity contribution in [1.82, 2.24) is 5.32 Å². The number of amides is 1. The predicted octanol–water partition coefficient (Wildman–Crippen LogP) is 1.66. The van der Waals surface area contributed by atoms with Crippen LogP contribution in [0, 0.1) is 60.8 Å². The quantitative estimate of drug-likeness (QED) is 0.229. The number of ether oxygens (including phenoxy) is 3. The van der Waals surface area contributed by atoms with E-state index >= 15 is 0 Å². The first-order valence-electron chi connectivity index (χ1n) is 14.6. The van der Waals surface area contributed by atoms with Gasteiger partial charge in [0.1, 0.15) is 29.2 Å². The number of carbonyl (C=O) groups excluding carboxylic acids is 4. The zero-order valence-electron chi connectivity index (χ0n) is 26.4. The molecule has 1 amide bonds. The number of hydrogen-bond acceptors (Lipinski definition) is 10. The zero-order valence-corrected chi connectivity index (χ0v) is 31.1. The molecule has 0 aromatic heterocycles. The summed E-state index contributed by atoms with van der Waals surface area (Å²) in [7, 11) is 0. The maximum absolute atomic E-state index is 14.1. The first-order chi connectivity index (χ1) is 19.3. The van der Waals surface area contributed by atoms with Crippen LogP contribution in [0.2, 0.25) is 0 Å². The number of allylic oxidation sites excluding steroid dienone is 1. The summed E-state index contributed by atoms with van der Waals surface area (Å²) in [5.41, 5.74) is -3.80. The van der Waals surface area contributed by atoms with Crippen LogP contribution in [-0.2, 0) is 33.4 Å². The number of nitrogens with one attached hydrogen (secondary N) is 1. The van der Waals surface area contributed by atoms with Crippen LogP contribution in [0.1, 0.15) is 81.1 Å². The third-order valence-electron chi connectivity index (χ3n) is 10.3. The van der Waals surface area contributed by atoms with Gasteiger partial charge in [-0.2, -0.15) is 0 Å². The van der Waals surface area contributed by atoms with Crippen LogP contribution in [-0.4, -0.2) is 87.2 Å². The first kappa shape index (κ1) is 36.3. The van der Waals surface area contributed by atoms with Crippen LogP contribution in [0.3, 0.4) is 0 Å². The van der Waals surface area contributed by atoms with E-state index in [1.807, 2.05) is 0 Å². The molecule has 3 fully saturated rings. The van der Waals surface area contributed by atoms with Crippen molar-refractivity contribution in [1.29, 1.82) is 0 Å². The van der Waals surface area contributed by atoms with E-state index in [1.54, 1.807) is 41.5 Å². The van der Waals surface area contributed by atoms with Crippen molar-refractivity contribution in [3.63, 3.8) is 0 Å². The van der Waals surface area contributed by atoms with Gasteiger partial charge in [0.25, 0.3) is 0 Å². The zero-order chi connectivity index (χ0) is 31.6. The van der Waals surface area contributed by atoms with Crippen LogP contribution in [0.15, 0.2) is 22.8 Å². The summed E-state index contributed by atoms with van der Waals surface area (Å²) in [5, 5.41) is 38.0. The molecule has 12 heteroatoms. The number of fused-ring (bicyclic) bond motifs is 5. The molecule has 4 rings (SSSR count). The van der Waals surface area contributed by atoms with Gasteiger partial charge in [0.2, 0.25) is 5.91 Å². The van der Waals surface area contributed by atoms with Gasteiger partial charge in [0, 0.05) is 87.5 Å². The van der Waals surface area contributed by atoms with Gasteiger partial charge in [-0.3, -0.25) is 14.4 Å². The fourth-order valence-corrected chi connectivity index (χ4v) is 7.79. The molecule has 0 spiro atoms. The molecule has 1 radical (unpaired) electrons. The Morgan fingerprint density at radius 2 is 1.72 bits per heavy atom. The molecule has 4 aliphatic rings. The van der Waals surface area contributed by atoms with E-state index in [1.165, 1.54) is 19.9 Å². The average Bonchev–Trinajstić information content (AvgIpc) is 2.85. The maximum atomic E-state index is 14.1. The van der Waals surface area contributed by atoms with Gasteiger partial charge in [0.15, 0.2) is 6.10 Å². The third-order valence-corrected chi connectivity index (χ3v) is 10.3. The van der Waals surface area contributed by atoms with E-state index in [9.17, 15) is 34.5 Å². The number of aliphatic hydroxyl groups is 3. The van der Waals surface area contributed by atoms with Crippen LogP contribution < -0.4 is 5.32 Å². The Bertz CT molecular complexity index is 1240. The third kappa shape index (κ3) is 6.06. The predicted molar refractivity (Wildman–Crippen MR) is 150 cm³/mol. The Morgan fingerprint density at radius 3 is 2.23 bits per heavy atom. The molecule has 1 unspecified atom stereocenters. The summed E-state index contributed by atoms with van der Waals surface area (Å²) in [6.07, 6.45) is -2.68. The number of rotatable bonds is 6. The van der Waals surface area contributed by atoms with E-state index in [2.05, 4.69) is 5.32 Å². The summed E-state index contributed by atoms with van der Waals surface area (Å²) in [5.74, 6) is -3.33. The fourth-order valence-electron chi connectivity index (χ4n) is 7.79. The number of Topliss-reactive ketones (excluding diaryl/α,β-unsaturated/α-hetero) is 1. The summed E-state index contributed by atoms with van der Waals surface area (Å²) >= 11 is 0. The molecule has 43 heavy (non-hydrogen) atoms. The maximum Gasteiger partial charge on any atom is 0.338 e. The van der Waals surface area contributed by atoms with Gasteiger partial charge in [-0.05, 0) is 39.2 Å². The van der Waals surface area contributed by atoms with E-state index < -0.39 is 76.3 Å². The fraction of sp³-hybridized carbons (Fsp3) is 0.742. The Balaban J connectivity index is 0.00000506. The SMILES string of the molecule is CC(=O)N[C@@H](C=C(C)C)[C@@H](O)C(=O)O[C@H]1C[C@@]2(O)C(OC(C)=O)[C@@H]3[C@]4(O)CO[C@@H]4CC[C@@]3(C)C(=O)CC(=C1C)C2(C)C.[Ac]. The first-order valence-corrected chi connectivity index (χ1v) is 14.6. The molecule has 237 valence electrons. The molecule has 0 aromatic rings. The number of hydrogen-bond donors (Lipinski definition) is 4.